The molecule has 0 saturated heterocycles. The number of fused-ring (bicyclic) bond motifs is 1. The van der Waals surface area contributed by atoms with E-state index in [2.05, 4.69) is 0 Å². The maximum Gasteiger partial charge on any atom is 0.338 e. The van der Waals surface area contributed by atoms with Crippen molar-refractivity contribution in [1.82, 2.24) is 0 Å². The molecule has 0 aliphatic heterocycles. The lowest BCUT2D eigenvalue weighted by Crippen LogP contribution is -2.43. The number of hydrogen-bond donors (Lipinski definition) is 5. The number of carbonyl (C=O) groups is 2. The minimum Gasteiger partial charge on any atom is -0.479 e. The summed E-state index contributed by atoms with van der Waals surface area (Å²) < 4.78 is 5.00. The van der Waals surface area contributed by atoms with Crippen LogP contribution in [0.1, 0.15) is 17.2 Å². The Hall–Kier alpha value is -2.00. The lowest BCUT2D eigenvalue weighted by atomic mass is 10.1. The van der Waals surface area contributed by atoms with Crippen LogP contribution >= 0.6 is 0 Å². The largest absolute Gasteiger partial charge is 0.479 e. The Bertz CT molecular complexity index is 534. The Morgan fingerprint density at radius 2 is 1.82 bits per heavy atom. The number of benzene rings is 1. The lowest BCUT2D eigenvalue weighted by Gasteiger charge is -2.20. The summed E-state index contributed by atoms with van der Waals surface area (Å²) in [5, 5.41) is 34.0. The molecule has 4 atom stereocenters. The van der Waals surface area contributed by atoms with Gasteiger partial charge in [-0.3, -0.25) is 0 Å². The molecule has 2 rings (SSSR count). The fourth-order valence-corrected chi connectivity index (χ4v) is 2.19. The number of ether oxygens (including phenoxy) is 1. The molecule has 122 valence electrons. The van der Waals surface area contributed by atoms with E-state index in [1.54, 1.807) is 0 Å². The predicted molar refractivity (Wildman–Crippen MR) is 74.7 cm³/mol. The minimum absolute atomic E-state index is 0.388. The average molecular weight is 313 g/mol. The summed E-state index contributed by atoms with van der Waals surface area (Å²) in [5.41, 5.74) is 7.72. The molecule has 6 N–H and O–H groups in total. The molecule has 1 aromatic carbocycles. The molecule has 0 heterocycles. The number of hydrogen-bond acceptors (Lipinski definition) is 7. The van der Waals surface area contributed by atoms with Crippen molar-refractivity contribution in [3.05, 3.63) is 35.4 Å². The fraction of sp³-hybridized carbons (Fsp3) is 0.429. The standard InChI is InChI=1S/C13H15NO6.CH4O/c14-9-7-4-2-1-3-6(7)5-8(9)20-13(19)11(16)10(15)12(17)18;1-2/h1-4,8-11,15-16H,5,14H2,(H,17,18);2H,1H3/t8-,9+,10-,11-;/m1./s1. The number of carbonyl (C=O) groups excluding carboxylic acids is 1. The Kier molecular flexibility index (Phi) is 6.44. The van der Waals surface area contributed by atoms with E-state index < -0.39 is 36.3 Å². The molecule has 1 aliphatic carbocycles. The summed E-state index contributed by atoms with van der Waals surface area (Å²) >= 11 is 0. The summed E-state index contributed by atoms with van der Waals surface area (Å²) in [7, 11) is 1.00. The molecule has 8 heteroatoms. The lowest BCUT2D eigenvalue weighted by molar-refractivity contribution is -0.173. The number of esters is 1. The van der Waals surface area contributed by atoms with Crippen LogP contribution in [-0.2, 0) is 20.7 Å². The first kappa shape index (κ1) is 18.1. The molecule has 0 bridgehead atoms. The zero-order chi connectivity index (χ0) is 16.9. The number of aliphatic hydroxyl groups excluding tert-OH is 3. The van der Waals surface area contributed by atoms with Crippen LogP contribution in [0, 0.1) is 0 Å². The number of carboxylic acids is 1. The monoisotopic (exact) mass is 313 g/mol. The fourth-order valence-electron chi connectivity index (χ4n) is 2.19. The molecule has 8 nitrogen and oxygen atoms in total. The normalized spacial score (nSPS) is 21.9. The molecule has 1 aliphatic rings. The van der Waals surface area contributed by atoms with Crippen LogP contribution in [0.5, 0.6) is 0 Å². The van der Waals surface area contributed by atoms with Crippen molar-refractivity contribution in [3.8, 4) is 0 Å². The molecule has 1 aromatic rings. The number of aliphatic hydroxyl groups is 3. The van der Waals surface area contributed by atoms with Crippen molar-refractivity contribution in [1.29, 1.82) is 0 Å². The van der Waals surface area contributed by atoms with E-state index in [-0.39, 0.29) is 0 Å². The highest BCUT2D eigenvalue weighted by Gasteiger charge is 2.37. The smallest absolute Gasteiger partial charge is 0.338 e. The summed E-state index contributed by atoms with van der Waals surface area (Å²) in [5.74, 6) is -2.90. The Labute approximate surface area is 126 Å². The van der Waals surface area contributed by atoms with Crippen LogP contribution in [-0.4, -0.2) is 57.8 Å². The van der Waals surface area contributed by atoms with Gasteiger partial charge in [-0.2, -0.15) is 0 Å². The van der Waals surface area contributed by atoms with Gasteiger partial charge in [0.1, 0.15) is 6.10 Å². The highest BCUT2D eigenvalue weighted by Crippen LogP contribution is 2.31. The third-order valence-electron chi connectivity index (χ3n) is 3.30. The van der Waals surface area contributed by atoms with Crippen molar-refractivity contribution in [2.75, 3.05) is 7.11 Å². The van der Waals surface area contributed by atoms with Crippen LogP contribution < -0.4 is 5.73 Å². The minimum atomic E-state index is -2.22. The number of rotatable bonds is 4. The molecular formula is C14H19NO7. The van der Waals surface area contributed by atoms with Gasteiger partial charge in [0.05, 0.1) is 6.04 Å². The van der Waals surface area contributed by atoms with Gasteiger partial charge in [-0.25, -0.2) is 9.59 Å². The van der Waals surface area contributed by atoms with Gasteiger partial charge in [0.15, 0.2) is 12.2 Å². The Balaban J connectivity index is 0.00000116. The summed E-state index contributed by atoms with van der Waals surface area (Å²) in [6.07, 6.45) is -4.65. The molecule has 0 saturated carbocycles. The van der Waals surface area contributed by atoms with Crippen LogP contribution in [0.15, 0.2) is 24.3 Å². The summed E-state index contributed by atoms with van der Waals surface area (Å²) in [6.45, 7) is 0. The van der Waals surface area contributed by atoms with E-state index in [4.69, 9.17) is 25.8 Å². The van der Waals surface area contributed by atoms with Gasteiger partial charge in [0.2, 0.25) is 0 Å². The Morgan fingerprint density at radius 1 is 1.23 bits per heavy atom. The van der Waals surface area contributed by atoms with Crippen LogP contribution in [0.2, 0.25) is 0 Å². The summed E-state index contributed by atoms with van der Waals surface area (Å²) in [4.78, 5) is 22.1. The van der Waals surface area contributed by atoms with Crippen molar-refractivity contribution in [2.24, 2.45) is 5.73 Å². The zero-order valence-electron chi connectivity index (χ0n) is 11.9. The third-order valence-corrected chi connectivity index (χ3v) is 3.30. The van der Waals surface area contributed by atoms with Gasteiger partial charge in [-0.05, 0) is 11.1 Å². The van der Waals surface area contributed by atoms with E-state index in [9.17, 15) is 14.7 Å². The van der Waals surface area contributed by atoms with E-state index in [0.29, 0.717) is 6.42 Å². The number of nitrogens with two attached hydrogens (primary N) is 1. The number of aliphatic carboxylic acids is 1. The van der Waals surface area contributed by atoms with Crippen molar-refractivity contribution in [3.63, 3.8) is 0 Å². The van der Waals surface area contributed by atoms with E-state index in [0.717, 1.165) is 18.2 Å². The van der Waals surface area contributed by atoms with Crippen molar-refractivity contribution >= 4 is 11.9 Å². The van der Waals surface area contributed by atoms with Gasteiger partial charge in [-0.1, -0.05) is 24.3 Å². The first-order chi connectivity index (χ1) is 10.4. The molecule has 0 fully saturated rings. The molecule has 0 unspecified atom stereocenters. The second-order valence-corrected chi connectivity index (χ2v) is 4.63. The summed E-state index contributed by atoms with van der Waals surface area (Å²) in [6, 6.07) is 6.77. The van der Waals surface area contributed by atoms with Crippen LogP contribution in [0.25, 0.3) is 0 Å². The molecular weight excluding hydrogens is 294 g/mol. The maximum atomic E-state index is 11.6. The zero-order valence-corrected chi connectivity index (χ0v) is 11.9. The maximum absolute atomic E-state index is 11.6. The molecule has 0 radical (unpaired) electrons. The number of carboxylic acid groups (broad SMARTS) is 1. The molecule has 0 spiro atoms. The van der Waals surface area contributed by atoms with Gasteiger partial charge < -0.3 is 30.9 Å². The second-order valence-electron chi connectivity index (χ2n) is 4.63. The van der Waals surface area contributed by atoms with Gasteiger partial charge in [-0.15, -0.1) is 0 Å². The van der Waals surface area contributed by atoms with Crippen LogP contribution in [0.3, 0.4) is 0 Å². The molecule has 0 amide bonds. The SMILES string of the molecule is CO.N[C@H]1c2ccccc2C[C@H]1OC(=O)[C@H](O)[C@@H](O)C(=O)O. The first-order valence-electron chi connectivity index (χ1n) is 6.49. The highest BCUT2D eigenvalue weighted by molar-refractivity contribution is 5.84. The third kappa shape index (κ3) is 3.80. The van der Waals surface area contributed by atoms with Gasteiger partial charge in [0, 0.05) is 13.5 Å². The van der Waals surface area contributed by atoms with Gasteiger partial charge in [0.25, 0.3) is 0 Å². The van der Waals surface area contributed by atoms with E-state index in [1.807, 2.05) is 24.3 Å². The molecule has 22 heavy (non-hydrogen) atoms. The highest BCUT2D eigenvalue weighted by atomic mass is 16.6. The van der Waals surface area contributed by atoms with Crippen LogP contribution in [0.4, 0.5) is 0 Å². The van der Waals surface area contributed by atoms with Crippen molar-refractivity contribution in [2.45, 2.75) is 30.8 Å². The average Bonchev–Trinajstić information content (AvgIpc) is 2.84. The first-order valence-corrected chi connectivity index (χ1v) is 6.49. The molecule has 0 aromatic heterocycles. The quantitative estimate of drug-likeness (QED) is 0.424. The predicted octanol–water partition coefficient (Wildman–Crippen LogP) is -1.43. The van der Waals surface area contributed by atoms with Crippen molar-refractivity contribution < 1.29 is 34.8 Å². The van der Waals surface area contributed by atoms with E-state index >= 15 is 0 Å². The Morgan fingerprint density at radius 3 is 2.36 bits per heavy atom. The van der Waals surface area contributed by atoms with E-state index in [1.165, 1.54) is 0 Å². The van der Waals surface area contributed by atoms with Gasteiger partial charge >= 0.3 is 11.9 Å². The topological polar surface area (TPSA) is 150 Å². The second kappa shape index (κ2) is 7.85.